The van der Waals surface area contributed by atoms with E-state index in [0.29, 0.717) is 38.5 Å². The second kappa shape index (κ2) is 12.7. The molecule has 0 aliphatic rings. The zero-order valence-corrected chi connectivity index (χ0v) is 20.7. The molecule has 32 heavy (non-hydrogen) atoms. The molecule has 2 aromatic rings. The summed E-state index contributed by atoms with van der Waals surface area (Å²) in [5.41, 5.74) is 5.33. The highest BCUT2D eigenvalue weighted by molar-refractivity contribution is 9.10. The van der Waals surface area contributed by atoms with Crippen LogP contribution >= 0.6 is 39.1 Å². The van der Waals surface area contributed by atoms with Gasteiger partial charge < -0.3 is 10.1 Å². The molecule has 0 aliphatic carbocycles. The first kappa shape index (κ1) is 26.0. The van der Waals surface area contributed by atoms with E-state index in [4.69, 9.17) is 27.9 Å². The molecule has 0 saturated carbocycles. The lowest BCUT2D eigenvalue weighted by Gasteiger charge is -2.13. The van der Waals surface area contributed by atoms with Gasteiger partial charge in [-0.3, -0.25) is 25.2 Å². The summed E-state index contributed by atoms with van der Waals surface area (Å²) < 4.78 is 6.41. The fourth-order valence-corrected chi connectivity index (χ4v) is 3.31. The van der Waals surface area contributed by atoms with Crippen LogP contribution in [0, 0.1) is 5.92 Å². The SMILES string of the molecule is CC(C)CCOc1ccc(Br)cc1C(=O)NNC(=O)CCC(=O)Nc1ccc(Cl)cc1Cl. The molecule has 2 aromatic carbocycles. The molecule has 0 radical (unpaired) electrons. The fraction of sp³-hybridized carbons (Fsp3) is 0.318. The van der Waals surface area contributed by atoms with E-state index >= 15 is 0 Å². The third-order valence-electron chi connectivity index (χ3n) is 4.24. The van der Waals surface area contributed by atoms with Crippen molar-refractivity contribution in [2.24, 2.45) is 5.92 Å². The molecular weight excluding hydrogens is 521 g/mol. The van der Waals surface area contributed by atoms with E-state index in [0.717, 1.165) is 6.42 Å². The molecule has 172 valence electrons. The van der Waals surface area contributed by atoms with Crippen LogP contribution in [0.3, 0.4) is 0 Å². The normalized spacial score (nSPS) is 10.6. The van der Waals surface area contributed by atoms with Crippen LogP contribution in [0.25, 0.3) is 0 Å². The maximum absolute atomic E-state index is 12.5. The molecule has 0 unspecified atom stereocenters. The zero-order valence-electron chi connectivity index (χ0n) is 17.6. The number of amides is 3. The van der Waals surface area contributed by atoms with Crippen LogP contribution in [0.4, 0.5) is 5.69 Å². The Hall–Kier alpha value is -2.29. The van der Waals surface area contributed by atoms with Gasteiger partial charge in [0.05, 0.1) is 22.9 Å². The minimum absolute atomic E-state index is 0.0961. The van der Waals surface area contributed by atoms with Crippen LogP contribution in [0.2, 0.25) is 10.0 Å². The summed E-state index contributed by atoms with van der Waals surface area (Å²) in [6.45, 7) is 4.63. The number of hydrogen-bond donors (Lipinski definition) is 3. The van der Waals surface area contributed by atoms with Crippen molar-refractivity contribution < 1.29 is 19.1 Å². The second-order valence-corrected chi connectivity index (χ2v) is 9.11. The van der Waals surface area contributed by atoms with Crippen molar-refractivity contribution in [2.75, 3.05) is 11.9 Å². The Kier molecular flexibility index (Phi) is 10.3. The van der Waals surface area contributed by atoms with Gasteiger partial charge in [-0.15, -0.1) is 0 Å². The van der Waals surface area contributed by atoms with E-state index in [-0.39, 0.29) is 18.4 Å². The summed E-state index contributed by atoms with van der Waals surface area (Å²) in [7, 11) is 0. The maximum Gasteiger partial charge on any atom is 0.273 e. The van der Waals surface area contributed by atoms with Crippen LogP contribution in [-0.4, -0.2) is 24.3 Å². The highest BCUT2D eigenvalue weighted by Crippen LogP contribution is 2.26. The van der Waals surface area contributed by atoms with Gasteiger partial charge in [0.1, 0.15) is 5.75 Å². The minimum Gasteiger partial charge on any atom is -0.493 e. The van der Waals surface area contributed by atoms with Crippen LogP contribution < -0.4 is 20.9 Å². The summed E-state index contributed by atoms with van der Waals surface area (Å²) in [5, 5.41) is 3.35. The Morgan fingerprint density at radius 2 is 1.72 bits per heavy atom. The van der Waals surface area contributed by atoms with E-state index in [9.17, 15) is 14.4 Å². The van der Waals surface area contributed by atoms with Gasteiger partial charge >= 0.3 is 0 Å². The van der Waals surface area contributed by atoms with Crippen molar-refractivity contribution in [3.63, 3.8) is 0 Å². The third kappa shape index (κ3) is 8.68. The molecule has 0 saturated heterocycles. The summed E-state index contributed by atoms with van der Waals surface area (Å²) in [6, 6.07) is 9.73. The molecule has 0 spiro atoms. The molecule has 0 heterocycles. The van der Waals surface area contributed by atoms with Gasteiger partial charge in [0, 0.05) is 22.3 Å². The molecule has 0 atom stereocenters. The zero-order chi connectivity index (χ0) is 23.7. The van der Waals surface area contributed by atoms with E-state index in [1.165, 1.54) is 6.07 Å². The quantitative estimate of drug-likeness (QED) is 0.370. The number of nitrogens with one attached hydrogen (secondary N) is 3. The van der Waals surface area contributed by atoms with Crippen molar-refractivity contribution in [2.45, 2.75) is 33.1 Å². The molecule has 7 nitrogen and oxygen atoms in total. The molecule has 3 N–H and O–H groups in total. The van der Waals surface area contributed by atoms with Gasteiger partial charge in [-0.2, -0.15) is 0 Å². The number of rotatable bonds is 9. The van der Waals surface area contributed by atoms with Gasteiger partial charge in [0.2, 0.25) is 11.8 Å². The van der Waals surface area contributed by atoms with Crippen LogP contribution in [0.5, 0.6) is 5.75 Å². The lowest BCUT2D eigenvalue weighted by Crippen LogP contribution is -2.42. The topological polar surface area (TPSA) is 96.5 Å². The largest absolute Gasteiger partial charge is 0.493 e. The van der Waals surface area contributed by atoms with Crippen LogP contribution in [0.15, 0.2) is 40.9 Å². The van der Waals surface area contributed by atoms with Gasteiger partial charge in [-0.25, -0.2) is 0 Å². The van der Waals surface area contributed by atoms with Crippen molar-refractivity contribution >= 4 is 62.5 Å². The lowest BCUT2D eigenvalue weighted by atomic mass is 10.1. The summed E-state index contributed by atoms with van der Waals surface area (Å²) >= 11 is 15.2. The molecule has 0 bridgehead atoms. The Bertz CT molecular complexity index is 986. The van der Waals surface area contributed by atoms with Crippen molar-refractivity contribution in [1.82, 2.24) is 10.9 Å². The average molecular weight is 545 g/mol. The second-order valence-electron chi connectivity index (χ2n) is 7.35. The highest BCUT2D eigenvalue weighted by atomic mass is 79.9. The predicted molar refractivity (Wildman–Crippen MR) is 129 cm³/mol. The smallest absolute Gasteiger partial charge is 0.273 e. The maximum atomic E-state index is 12.5. The standard InChI is InChI=1S/C22H24BrCl2N3O4/c1-13(2)9-10-32-19-6-3-14(23)11-16(19)22(31)28-27-21(30)8-7-20(29)26-18-5-4-15(24)12-17(18)25/h3-6,11-13H,7-10H2,1-2H3,(H,26,29)(H,27,30)(H,28,31). The molecule has 2 rings (SSSR count). The molecule has 10 heteroatoms. The first-order valence-corrected chi connectivity index (χ1v) is 11.5. The number of carbonyl (C=O) groups excluding carboxylic acids is 3. The fourth-order valence-electron chi connectivity index (χ4n) is 2.50. The predicted octanol–water partition coefficient (Wildman–Crippen LogP) is 5.36. The first-order valence-electron chi connectivity index (χ1n) is 9.92. The number of hydrazine groups is 1. The molecular formula is C22H24BrCl2N3O4. The highest BCUT2D eigenvalue weighted by Gasteiger charge is 2.15. The Morgan fingerprint density at radius 3 is 2.41 bits per heavy atom. The monoisotopic (exact) mass is 543 g/mol. The van der Waals surface area contributed by atoms with Gasteiger partial charge in [-0.05, 0) is 48.7 Å². The Balaban J connectivity index is 1.84. The summed E-state index contributed by atoms with van der Waals surface area (Å²) in [4.78, 5) is 36.6. The van der Waals surface area contributed by atoms with Gasteiger partial charge in [-0.1, -0.05) is 53.0 Å². The Morgan fingerprint density at radius 1 is 1.00 bits per heavy atom. The van der Waals surface area contributed by atoms with Gasteiger partial charge in [0.15, 0.2) is 0 Å². The molecule has 0 fully saturated rings. The number of hydrogen-bond acceptors (Lipinski definition) is 4. The van der Waals surface area contributed by atoms with E-state index in [2.05, 4.69) is 45.9 Å². The third-order valence-corrected chi connectivity index (χ3v) is 5.28. The number of anilines is 1. The summed E-state index contributed by atoms with van der Waals surface area (Å²) in [6.07, 6.45) is 0.617. The van der Waals surface area contributed by atoms with Gasteiger partial charge in [0.25, 0.3) is 5.91 Å². The summed E-state index contributed by atoms with van der Waals surface area (Å²) in [5.74, 6) is -0.567. The van der Waals surface area contributed by atoms with E-state index in [1.807, 2.05) is 0 Å². The minimum atomic E-state index is -0.531. The number of carbonyl (C=O) groups is 3. The van der Waals surface area contributed by atoms with Crippen molar-refractivity contribution in [3.8, 4) is 5.75 Å². The van der Waals surface area contributed by atoms with E-state index < -0.39 is 17.7 Å². The first-order chi connectivity index (χ1) is 15.2. The van der Waals surface area contributed by atoms with Crippen molar-refractivity contribution in [3.05, 3.63) is 56.5 Å². The molecule has 0 aliphatic heterocycles. The number of halogens is 3. The molecule has 3 amide bonds. The van der Waals surface area contributed by atoms with E-state index in [1.54, 1.807) is 30.3 Å². The molecule has 0 aromatic heterocycles. The van der Waals surface area contributed by atoms with Crippen LogP contribution in [0.1, 0.15) is 43.5 Å². The van der Waals surface area contributed by atoms with Crippen LogP contribution in [-0.2, 0) is 9.59 Å². The number of benzene rings is 2. The average Bonchev–Trinajstić information content (AvgIpc) is 2.73. The van der Waals surface area contributed by atoms with Crippen molar-refractivity contribution in [1.29, 1.82) is 0 Å². The number of ether oxygens (including phenoxy) is 1. The Labute approximate surface area is 205 Å². The lowest BCUT2D eigenvalue weighted by molar-refractivity contribution is -0.124.